The first-order valence-electron chi connectivity index (χ1n) is 8.27. The minimum absolute atomic E-state index is 0.0382. The first-order valence-corrected chi connectivity index (χ1v) is 8.27. The minimum Gasteiger partial charge on any atom is -0.491 e. The highest BCUT2D eigenvalue weighted by atomic mass is 16.5. The summed E-state index contributed by atoms with van der Waals surface area (Å²) in [4.78, 5) is 11.7. The van der Waals surface area contributed by atoms with Crippen molar-refractivity contribution < 1.29 is 14.3 Å². The molecule has 3 aromatic rings. The standard InChI is InChI=1S/C17H19N5O3/c1-11-4-5-18-17(23)24-7-6-22-10-12(9-19-22)16-14-8-13(25-11)2-3-15(14)20-21-16/h2-3,8-11H,4-7H2,1H3,(H,18,23)(H,20,21)/t11-/m1/s1. The predicted octanol–water partition coefficient (Wildman–Crippen LogP) is 2.32. The monoisotopic (exact) mass is 341 g/mol. The average molecular weight is 341 g/mol. The molecule has 1 atom stereocenters. The fourth-order valence-corrected chi connectivity index (χ4v) is 2.85. The number of fused-ring (bicyclic) bond motifs is 4. The van der Waals surface area contributed by atoms with Crippen LogP contribution >= 0.6 is 0 Å². The lowest BCUT2D eigenvalue weighted by Crippen LogP contribution is -2.29. The van der Waals surface area contributed by atoms with Crippen LogP contribution in [0.15, 0.2) is 30.6 Å². The number of ether oxygens (including phenoxy) is 2. The van der Waals surface area contributed by atoms with Crippen LogP contribution in [-0.4, -0.2) is 45.3 Å². The number of H-pyrrole nitrogens is 1. The normalized spacial score (nSPS) is 18.6. The molecule has 2 N–H and O–H groups in total. The Morgan fingerprint density at radius 1 is 1.36 bits per heavy atom. The van der Waals surface area contributed by atoms with Crippen LogP contribution in [-0.2, 0) is 11.3 Å². The number of amides is 1. The summed E-state index contributed by atoms with van der Waals surface area (Å²) in [6.07, 6.45) is 3.86. The summed E-state index contributed by atoms with van der Waals surface area (Å²) in [5, 5.41) is 15.5. The van der Waals surface area contributed by atoms with Crippen molar-refractivity contribution in [3.63, 3.8) is 0 Å². The molecule has 1 aromatic carbocycles. The Morgan fingerprint density at radius 2 is 2.28 bits per heavy atom. The number of hydrogen-bond acceptors (Lipinski definition) is 5. The molecule has 0 unspecified atom stereocenters. The highest BCUT2D eigenvalue weighted by molar-refractivity contribution is 5.93. The Morgan fingerprint density at radius 3 is 3.20 bits per heavy atom. The fourth-order valence-electron chi connectivity index (χ4n) is 2.85. The van der Waals surface area contributed by atoms with Crippen molar-refractivity contribution in [1.82, 2.24) is 25.3 Å². The molecule has 130 valence electrons. The van der Waals surface area contributed by atoms with Crippen molar-refractivity contribution >= 4 is 17.0 Å². The summed E-state index contributed by atoms with van der Waals surface area (Å²) >= 11 is 0. The summed E-state index contributed by atoms with van der Waals surface area (Å²) < 4.78 is 12.9. The zero-order chi connectivity index (χ0) is 17.2. The Hall–Kier alpha value is -3.03. The second kappa shape index (κ2) is 6.46. The van der Waals surface area contributed by atoms with Crippen LogP contribution in [0, 0.1) is 0 Å². The number of carbonyl (C=O) groups is 1. The van der Waals surface area contributed by atoms with E-state index in [1.165, 1.54) is 0 Å². The first kappa shape index (κ1) is 15.5. The highest BCUT2D eigenvalue weighted by Crippen LogP contribution is 2.29. The molecule has 25 heavy (non-hydrogen) atoms. The Bertz CT molecular complexity index is 901. The molecule has 1 aliphatic rings. The molecule has 0 saturated heterocycles. The van der Waals surface area contributed by atoms with Gasteiger partial charge in [0.15, 0.2) is 0 Å². The average Bonchev–Trinajstić information content (AvgIpc) is 3.20. The van der Waals surface area contributed by atoms with Gasteiger partial charge >= 0.3 is 6.09 Å². The van der Waals surface area contributed by atoms with Gasteiger partial charge in [0.05, 0.1) is 24.4 Å². The number of nitrogens with one attached hydrogen (secondary N) is 2. The van der Waals surface area contributed by atoms with E-state index in [4.69, 9.17) is 9.47 Å². The maximum atomic E-state index is 11.7. The van der Waals surface area contributed by atoms with Gasteiger partial charge in [-0.3, -0.25) is 9.78 Å². The summed E-state index contributed by atoms with van der Waals surface area (Å²) in [7, 11) is 0. The first-order chi connectivity index (χ1) is 12.2. The van der Waals surface area contributed by atoms with Crippen LogP contribution in [0.3, 0.4) is 0 Å². The topological polar surface area (TPSA) is 94.1 Å². The van der Waals surface area contributed by atoms with Crippen molar-refractivity contribution in [1.29, 1.82) is 0 Å². The Labute approximate surface area is 144 Å². The van der Waals surface area contributed by atoms with E-state index in [2.05, 4.69) is 20.6 Å². The summed E-state index contributed by atoms with van der Waals surface area (Å²) in [6, 6.07) is 5.85. The zero-order valence-corrected chi connectivity index (χ0v) is 13.9. The molecule has 0 fully saturated rings. The van der Waals surface area contributed by atoms with Crippen molar-refractivity contribution in [2.45, 2.75) is 26.0 Å². The smallest absolute Gasteiger partial charge is 0.407 e. The third-order valence-electron chi connectivity index (χ3n) is 4.15. The molecule has 2 aromatic heterocycles. The molecule has 3 heterocycles. The summed E-state index contributed by atoms with van der Waals surface area (Å²) in [5.74, 6) is 0.768. The van der Waals surface area contributed by atoms with E-state index in [1.54, 1.807) is 10.9 Å². The molecule has 4 rings (SSSR count). The SMILES string of the molecule is C[C@@H]1CCNC(=O)OCCn2cc(cn2)-c2n[nH]c3ccc(cc23)O1. The number of cyclic esters (lactones) is 1. The van der Waals surface area contributed by atoms with Gasteiger partial charge in [0.1, 0.15) is 18.1 Å². The lowest BCUT2D eigenvalue weighted by molar-refractivity contribution is 0.138. The number of aromatic amines is 1. The van der Waals surface area contributed by atoms with Gasteiger partial charge in [-0.15, -0.1) is 0 Å². The van der Waals surface area contributed by atoms with Crippen LogP contribution in [0.2, 0.25) is 0 Å². The number of nitrogens with zero attached hydrogens (tertiary/aromatic N) is 3. The van der Waals surface area contributed by atoms with Gasteiger partial charge in [-0.1, -0.05) is 0 Å². The van der Waals surface area contributed by atoms with Gasteiger partial charge in [0.2, 0.25) is 0 Å². The van der Waals surface area contributed by atoms with Crippen LogP contribution in [0.4, 0.5) is 4.79 Å². The van der Waals surface area contributed by atoms with E-state index in [9.17, 15) is 4.79 Å². The van der Waals surface area contributed by atoms with Gasteiger partial charge in [-0.25, -0.2) is 4.79 Å². The lowest BCUT2D eigenvalue weighted by Gasteiger charge is -2.15. The van der Waals surface area contributed by atoms with E-state index in [0.29, 0.717) is 19.5 Å². The molecule has 4 bridgehead atoms. The van der Waals surface area contributed by atoms with Gasteiger partial charge in [0, 0.05) is 30.1 Å². The molecular formula is C17H19N5O3. The van der Waals surface area contributed by atoms with E-state index >= 15 is 0 Å². The minimum atomic E-state index is -0.428. The van der Waals surface area contributed by atoms with Crippen molar-refractivity contribution in [2.75, 3.05) is 13.2 Å². The van der Waals surface area contributed by atoms with E-state index in [0.717, 1.165) is 27.9 Å². The molecule has 8 heteroatoms. The van der Waals surface area contributed by atoms with Crippen LogP contribution in [0.25, 0.3) is 22.2 Å². The quantitative estimate of drug-likeness (QED) is 0.654. The number of alkyl carbamates (subject to hydrolysis) is 1. The van der Waals surface area contributed by atoms with E-state index < -0.39 is 6.09 Å². The molecule has 0 spiro atoms. The van der Waals surface area contributed by atoms with Gasteiger partial charge in [-0.2, -0.15) is 10.2 Å². The van der Waals surface area contributed by atoms with E-state index in [1.807, 2.05) is 31.3 Å². The van der Waals surface area contributed by atoms with Gasteiger partial charge in [-0.05, 0) is 25.1 Å². The predicted molar refractivity (Wildman–Crippen MR) is 91.4 cm³/mol. The number of rotatable bonds is 0. The zero-order valence-electron chi connectivity index (χ0n) is 13.9. The van der Waals surface area contributed by atoms with E-state index in [-0.39, 0.29) is 12.7 Å². The maximum Gasteiger partial charge on any atom is 0.407 e. The molecule has 0 aliphatic carbocycles. The van der Waals surface area contributed by atoms with Crippen molar-refractivity contribution in [2.24, 2.45) is 0 Å². The number of carbonyl (C=O) groups excluding carboxylic acids is 1. The van der Waals surface area contributed by atoms with Crippen molar-refractivity contribution in [3.05, 3.63) is 30.6 Å². The number of hydrogen-bond donors (Lipinski definition) is 2. The second-order valence-corrected chi connectivity index (χ2v) is 6.05. The van der Waals surface area contributed by atoms with Crippen LogP contribution in [0.1, 0.15) is 13.3 Å². The van der Waals surface area contributed by atoms with Gasteiger partial charge < -0.3 is 14.8 Å². The molecule has 1 amide bonds. The summed E-state index contributed by atoms with van der Waals surface area (Å²) in [6.45, 7) is 3.21. The molecule has 0 radical (unpaired) electrons. The Balaban J connectivity index is 1.71. The van der Waals surface area contributed by atoms with Gasteiger partial charge in [0.25, 0.3) is 0 Å². The second-order valence-electron chi connectivity index (χ2n) is 6.05. The third kappa shape index (κ3) is 3.28. The van der Waals surface area contributed by atoms with Crippen molar-refractivity contribution in [3.8, 4) is 17.0 Å². The molecular weight excluding hydrogens is 322 g/mol. The maximum absolute atomic E-state index is 11.7. The highest BCUT2D eigenvalue weighted by Gasteiger charge is 2.13. The molecule has 1 aliphatic heterocycles. The fraction of sp³-hybridized carbons (Fsp3) is 0.353. The lowest BCUT2D eigenvalue weighted by atomic mass is 10.1. The molecule has 8 nitrogen and oxygen atoms in total. The largest absolute Gasteiger partial charge is 0.491 e. The third-order valence-corrected chi connectivity index (χ3v) is 4.15. The number of benzene rings is 1. The Kier molecular flexibility index (Phi) is 4.01. The van der Waals surface area contributed by atoms with Crippen LogP contribution < -0.4 is 10.1 Å². The summed E-state index contributed by atoms with van der Waals surface area (Å²) in [5.41, 5.74) is 2.66. The molecule has 0 saturated carbocycles. The number of aromatic nitrogens is 4. The van der Waals surface area contributed by atoms with Crippen LogP contribution in [0.5, 0.6) is 5.75 Å².